The molecule has 0 saturated heterocycles. The molecule has 0 radical (unpaired) electrons. The van der Waals surface area contributed by atoms with Crippen LogP contribution < -0.4 is 14.9 Å². The molecule has 154 valence electrons. The highest BCUT2D eigenvalue weighted by Crippen LogP contribution is 2.29. The van der Waals surface area contributed by atoms with Crippen LogP contribution in [0.1, 0.15) is 28.4 Å². The van der Waals surface area contributed by atoms with Crippen molar-refractivity contribution in [1.82, 2.24) is 0 Å². The first-order valence-electron chi connectivity index (χ1n) is 9.31. The SMILES string of the molecule is CCOc1cc(/C=N/Nc2cccc(C(=O)O)c2)ccc1OCc1cccc(Cl)c1. The summed E-state index contributed by atoms with van der Waals surface area (Å²) in [5, 5.41) is 13.9. The Bertz CT molecular complexity index is 1050. The van der Waals surface area contributed by atoms with Gasteiger partial charge in [0.25, 0.3) is 0 Å². The molecule has 0 amide bonds. The summed E-state index contributed by atoms with van der Waals surface area (Å²) >= 11 is 6.02. The van der Waals surface area contributed by atoms with Crippen molar-refractivity contribution >= 4 is 29.5 Å². The Morgan fingerprint density at radius 3 is 2.67 bits per heavy atom. The van der Waals surface area contributed by atoms with Crippen LogP contribution in [0.3, 0.4) is 0 Å². The third-order valence-corrected chi connectivity index (χ3v) is 4.30. The molecule has 3 aromatic rings. The normalized spacial score (nSPS) is 10.7. The molecule has 0 aliphatic heterocycles. The van der Waals surface area contributed by atoms with Gasteiger partial charge in [-0.15, -0.1) is 0 Å². The fourth-order valence-corrected chi connectivity index (χ4v) is 2.90. The van der Waals surface area contributed by atoms with Crippen molar-refractivity contribution < 1.29 is 19.4 Å². The number of aromatic carboxylic acids is 1. The summed E-state index contributed by atoms with van der Waals surface area (Å²) in [5.74, 6) is 0.241. The highest BCUT2D eigenvalue weighted by Gasteiger charge is 2.07. The Morgan fingerprint density at radius 1 is 1.07 bits per heavy atom. The summed E-state index contributed by atoms with van der Waals surface area (Å²) in [6.07, 6.45) is 1.62. The number of ether oxygens (including phenoxy) is 2. The minimum atomic E-state index is -0.989. The number of halogens is 1. The van der Waals surface area contributed by atoms with Gasteiger partial charge in [0.2, 0.25) is 0 Å². The standard InChI is InChI=1S/C23H21ClN2O4/c1-2-29-22-12-16(14-25-26-20-8-4-6-18(13-20)23(27)28)9-10-21(22)30-15-17-5-3-7-19(24)11-17/h3-14,26H,2,15H2,1H3,(H,27,28)/b25-14+. The number of rotatable bonds is 9. The van der Waals surface area contributed by atoms with E-state index in [-0.39, 0.29) is 5.56 Å². The summed E-state index contributed by atoms with van der Waals surface area (Å²) < 4.78 is 11.6. The quantitative estimate of drug-likeness (QED) is 0.352. The molecule has 0 aliphatic carbocycles. The van der Waals surface area contributed by atoms with E-state index in [1.807, 2.05) is 49.4 Å². The van der Waals surface area contributed by atoms with Crippen molar-refractivity contribution in [3.63, 3.8) is 0 Å². The lowest BCUT2D eigenvalue weighted by Crippen LogP contribution is -2.01. The van der Waals surface area contributed by atoms with E-state index < -0.39 is 5.97 Å². The number of nitrogens with one attached hydrogen (secondary N) is 1. The first kappa shape index (κ1) is 21.2. The molecule has 30 heavy (non-hydrogen) atoms. The molecule has 0 aliphatic rings. The van der Waals surface area contributed by atoms with Crippen LogP contribution >= 0.6 is 11.6 Å². The maximum Gasteiger partial charge on any atom is 0.335 e. The lowest BCUT2D eigenvalue weighted by atomic mass is 10.2. The second-order valence-electron chi connectivity index (χ2n) is 6.31. The molecule has 0 unspecified atom stereocenters. The fourth-order valence-electron chi connectivity index (χ4n) is 2.68. The van der Waals surface area contributed by atoms with Gasteiger partial charge in [0.1, 0.15) is 6.61 Å². The minimum absolute atomic E-state index is 0.190. The third kappa shape index (κ3) is 5.99. The van der Waals surface area contributed by atoms with Crippen LogP contribution in [0.25, 0.3) is 0 Å². The van der Waals surface area contributed by atoms with Gasteiger partial charge in [-0.25, -0.2) is 4.79 Å². The molecule has 0 atom stereocenters. The van der Waals surface area contributed by atoms with E-state index >= 15 is 0 Å². The van der Waals surface area contributed by atoms with Crippen molar-refractivity contribution in [2.24, 2.45) is 5.10 Å². The Labute approximate surface area is 179 Å². The van der Waals surface area contributed by atoms with Gasteiger partial charge >= 0.3 is 5.97 Å². The molecular weight excluding hydrogens is 404 g/mol. The molecule has 3 rings (SSSR count). The number of carbonyl (C=O) groups is 1. The lowest BCUT2D eigenvalue weighted by Gasteiger charge is -2.13. The maximum absolute atomic E-state index is 11.0. The molecular formula is C23H21ClN2O4. The molecule has 2 N–H and O–H groups in total. The first-order valence-corrected chi connectivity index (χ1v) is 9.69. The van der Waals surface area contributed by atoms with E-state index in [1.54, 1.807) is 18.3 Å². The van der Waals surface area contributed by atoms with E-state index in [9.17, 15) is 4.79 Å². The van der Waals surface area contributed by atoms with Gasteiger partial charge in [0, 0.05) is 5.02 Å². The predicted molar refractivity (Wildman–Crippen MR) is 118 cm³/mol. The van der Waals surface area contributed by atoms with E-state index in [0.717, 1.165) is 11.1 Å². The second kappa shape index (κ2) is 10.3. The van der Waals surface area contributed by atoms with Crippen molar-refractivity contribution in [3.8, 4) is 11.5 Å². The smallest absolute Gasteiger partial charge is 0.335 e. The number of benzene rings is 3. The summed E-state index contributed by atoms with van der Waals surface area (Å²) in [4.78, 5) is 11.0. The number of anilines is 1. The molecule has 0 saturated carbocycles. The second-order valence-corrected chi connectivity index (χ2v) is 6.75. The summed E-state index contributed by atoms with van der Waals surface area (Å²) in [7, 11) is 0. The predicted octanol–water partition coefficient (Wildman–Crippen LogP) is 5.46. The van der Waals surface area contributed by atoms with Crippen LogP contribution in [0, 0.1) is 0 Å². The van der Waals surface area contributed by atoms with Crippen molar-refractivity contribution in [2.75, 3.05) is 12.0 Å². The Kier molecular flexibility index (Phi) is 7.29. The zero-order chi connectivity index (χ0) is 21.3. The van der Waals surface area contributed by atoms with Crippen LogP contribution in [0.2, 0.25) is 5.02 Å². The van der Waals surface area contributed by atoms with Crippen LogP contribution in [-0.4, -0.2) is 23.9 Å². The average molecular weight is 425 g/mol. The van der Waals surface area contributed by atoms with Gasteiger partial charge < -0.3 is 14.6 Å². The number of nitrogens with zero attached hydrogens (tertiary/aromatic N) is 1. The number of hydrogen-bond acceptors (Lipinski definition) is 5. The molecule has 0 heterocycles. The van der Waals surface area contributed by atoms with Gasteiger partial charge in [0.15, 0.2) is 11.5 Å². The van der Waals surface area contributed by atoms with E-state index in [1.165, 1.54) is 12.1 Å². The molecule has 0 fully saturated rings. The highest BCUT2D eigenvalue weighted by atomic mass is 35.5. The molecule has 0 aromatic heterocycles. The maximum atomic E-state index is 11.0. The van der Waals surface area contributed by atoms with Crippen LogP contribution in [0.4, 0.5) is 5.69 Å². The topological polar surface area (TPSA) is 80.2 Å². The third-order valence-electron chi connectivity index (χ3n) is 4.07. The molecule has 6 nitrogen and oxygen atoms in total. The van der Waals surface area contributed by atoms with Crippen LogP contribution in [0.5, 0.6) is 11.5 Å². The fraction of sp³-hybridized carbons (Fsp3) is 0.130. The molecule has 7 heteroatoms. The van der Waals surface area contributed by atoms with Gasteiger partial charge in [-0.2, -0.15) is 5.10 Å². The van der Waals surface area contributed by atoms with Crippen LogP contribution in [-0.2, 0) is 6.61 Å². The zero-order valence-electron chi connectivity index (χ0n) is 16.3. The van der Waals surface area contributed by atoms with Gasteiger partial charge in [-0.05, 0) is 66.6 Å². The van der Waals surface area contributed by atoms with Gasteiger partial charge in [-0.3, -0.25) is 5.43 Å². The number of carboxylic acid groups (broad SMARTS) is 1. The first-order chi connectivity index (χ1) is 14.5. The average Bonchev–Trinajstić information content (AvgIpc) is 2.74. The summed E-state index contributed by atoms with van der Waals surface area (Å²) in [6.45, 7) is 2.77. The van der Waals surface area contributed by atoms with Crippen molar-refractivity contribution in [3.05, 3.63) is 88.4 Å². The monoisotopic (exact) mass is 424 g/mol. The molecule has 0 bridgehead atoms. The minimum Gasteiger partial charge on any atom is -0.490 e. The van der Waals surface area contributed by atoms with E-state index in [2.05, 4.69) is 10.5 Å². The number of hydrogen-bond donors (Lipinski definition) is 2. The van der Waals surface area contributed by atoms with E-state index in [0.29, 0.717) is 35.4 Å². The number of hydrazone groups is 1. The summed E-state index contributed by atoms with van der Waals surface area (Å²) in [6, 6.07) is 19.4. The summed E-state index contributed by atoms with van der Waals surface area (Å²) in [5.41, 5.74) is 5.36. The van der Waals surface area contributed by atoms with Gasteiger partial charge in [-0.1, -0.05) is 29.8 Å². The lowest BCUT2D eigenvalue weighted by molar-refractivity contribution is 0.0697. The molecule has 3 aromatic carbocycles. The highest BCUT2D eigenvalue weighted by molar-refractivity contribution is 6.30. The van der Waals surface area contributed by atoms with Crippen LogP contribution in [0.15, 0.2) is 71.8 Å². The van der Waals surface area contributed by atoms with E-state index in [4.69, 9.17) is 26.2 Å². The Hall–Kier alpha value is -3.51. The van der Waals surface area contributed by atoms with Crippen molar-refractivity contribution in [1.29, 1.82) is 0 Å². The largest absolute Gasteiger partial charge is 0.490 e. The Morgan fingerprint density at radius 2 is 1.90 bits per heavy atom. The van der Waals surface area contributed by atoms with Gasteiger partial charge in [0.05, 0.1) is 24.1 Å². The molecule has 0 spiro atoms. The zero-order valence-corrected chi connectivity index (χ0v) is 17.1. The Balaban J connectivity index is 1.68. The number of carboxylic acids is 1. The van der Waals surface area contributed by atoms with Crippen molar-refractivity contribution in [2.45, 2.75) is 13.5 Å².